The third-order valence-corrected chi connectivity index (χ3v) is 5.26. The first-order valence-corrected chi connectivity index (χ1v) is 9.21. The Hall–Kier alpha value is -1.90. The summed E-state index contributed by atoms with van der Waals surface area (Å²) in [5.41, 5.74) is 5.35. The molecular weight excluding hydrogens is 298 g/mol. The second kappa shape index (κ2) is 7.33. The summed E-state index contributed by atoms with van der Waals surface area (Å²) in [5.74, 6) is 0.447. The Morgan fingerprint density at radius 3 is 2.54 bits per heavy atom. The van der Waals surface area contributed by atoms with Crippen molar-refractivity contribution in [2.24, 2.45) is 0 Å². The van der Waals surface area contributed by atoms with E-state index in [4.69, 9.17) is 0 Å². The predicted octanol–water partition coefficient (Wildman–Crippen LogP) is 4.50. The van der Waals surface area contributed by atoms with E-state index >= 15 is 0 Å². The molecule has 128 valence electrons. The minimum Gasteiger partial charge on any atom is -0.357 e. The number of nitrogens with zero attached hydrogens (tertiary/aromatic N) is 1. The fourth-order valence-electron chi connectivity index (χ4n) is 3.84. The van der Waals surface area contributed by atoms with Crippen LogP contribution < -0.4 is 0 Å². The quantitative estimate of drug-likeness (QED) is 0.740. The maximum absolute atomic E-state index is 12.4. The van der Waals surface area contributed by atoms with E-state index in [0.29, 0.717) is 19.3 Å². The number of carbonyl (C=O) groups is 2. The normalized spacial score (nSPS) is 17.5. The maximum Gasteiger partial charge on any atom is 0.152 e. The molecule has 1 aromatic carbocycles. The van der Waals surface area contributed by atoms with Gasteiger partial charge in [0.05, 0.1) is 6.04 Å². The highest BCUT2D eigenvalue weighted by Crippen LogP contribution is 2.43. The molecule has 0 amide bonds. The van der Waals surface area contributed by atoms with Crippen LogP contribution in [0.5, 0.6) is 0 Å². The molecule has 1 aliphatic carbocycles. The Morgan fingerprint density at radius 2 is 1.92 bits per heavy atom. The van der Waals surface area contributed by atoms with E-state index in [-0.39, 0.29) is 17.6 Å². The monoisotopic (exact) mass is 325 g/mol. The summed E-state index contributed by atoms with van der Waals surface area (Å²) >= 11 is 0. The van der Waals surface area contributed by atoms with Crippen LogP contribution in [0.1, 0.15) is 69.9 Å². The maximum atomic E-state index is 12.4. The zero-order valence-electron chi connectivity index (χ0n) is 14.8. The minimum absolute atomic E-state index is 0.171. The molecule has 1 unspecified atom stereocenters. The smallest absolute Gasteiger partial charge is 0.152 e. The Labute approximate surface area is 144 Å². The Balaban J connectivity index is 1.85. The predicted molar refractivity (Wildman–Crippen MR) is 96.4 cm³/mol. The number of allylic oxidation sites excluding steroid dienone is 1. The summed E-state index contributed by atoms with van der Waals surface area (Å²) in [6, 6.07) is 8.30. The van der Waals surface area contributed by atoms with Crippen molar-refractivity contribution >= 4 is 17.3 Å². The first kappa shape index (κ1) is 16.9. The first-order chi connectivity index (χ1) is 11.6. The van der Waals surface area contributed by atoms with Crippen molar-refractivity contribution in [3.05, 3.63) is 41.0 Å². The van der Waals surface area contributed by atoms with Crippen molar-refractivity contribution in [1.82, 2.24) is 4.90 Å². The van der Waals surface area contributed by atoms with Gasteiger partial charge in [0.2, 0.25) is 0 Å². The molecule has 0 bridgehead atoms. The van der Waals surface area contributed by atoms with Crippen LogP contribution in [0.3, 0.4) is 0 Å². The Kier molecular flexibility index (Phi) is 5.17. The van der Waals surface area contributed by atoms with Crippen LogP contribution in [0.25, 0.3) is 5.70 Å². The second-order valence-electron chi connectivity index (χ2n) is 7.04. The van der Waals surface area contributed by atoms with Crippen LogP contribution in [0.2, 0.25) is 0 Å². The molecule has 1 saturated carbocycles. The van der Waals surface area contributed by atoms with Crippen LogP contribution in [-0.4, -0.2) is 22.5 Å². The van der Waals surface area contributed by atoms with Gasteiger partial charge in [0.1, 0.15) is 5.78 Å². The molecular formula is C21H27NO2. The van der Waals surface area contributed by atoms with Crippen molar-refractivity contribution in [2.45, 2.75) is 71.4 Å². The van der Waals surface area contributed by atoms with Gasteiger partial charge in [0.25, 0.3) is 0 Å². The van der Waals surface area contributed by atoms with E-state index < -0.39 is 0 Å². The summed E-state index contributed by atoms with van der Waals surface area (Å²) in [4.78, 5) is 26.6. The van der Waals surface area contributed by atoms with Gasteiger partial charge in [-0.25, -0.2) is 0 Å². The van der Waals surface area contributed by atoms with Crippen LogP contribution in [0, 0.1) is 0 Å². The van der Waals surface area contributed by atoms with Crippen LogP contribution >= 0.6 is 0 Å². The minimum atomic E-state index is -0.179. The molecule has 3 nitrogen and oxygen atoms in total. The average molecular weight is 325 g/mol. The molecule has 3 heteroatoms. The summed E-state index contributed by atoms with van der Waals surface area (Å²) in [7, 11) is 0. The highest BCUT2D eigenvalue weighted by Gasteiger charge is 2.34. The first-order valence-electron chi connectivity index (χ1n) is 9.21. The molecule has 0 spiro atoms. The van der Waals surface area contributed by atoms with Gasteiger partial charge in [-0.05, 0) is 50.2 Å². The molecule has 1 heterocycles. The number of fused-ring (bicyclic) bond motifs is 1. The van der Waals surface area contributed by atoms with E-state index in [0.717, 1.165) is 25.8 Å². The topological polar surface area (TPSA) is 37.4 Å². The number of carbonyl (C=O) groups excluding carboxylic acids is 2. The molecule has 0 aromatic heterocycles. The summed E-state index contributed by atoms with van der Waals surface area (Å²) in [6.07, 6.45) is 6.17. The molecule has 2 aliphatic rings. The van der Waals surface area contributed by atoms with Crippen molar-refractivity contribution < 1.29 is 9.59 Å². The lowest BCUT2D eigenvalue weighted by molar-refractivity contribution is -0.122. The lowest BCUT2D eigenvalue weighted by Gasteiger charge is -2.33. The number of rotatable bonds is 7. The molecule has 1 aromatic rings. The van der Waals surface area contributed by atoms with Crippen molar-refractivity contribution in [3.8, 4) is 0 Å². The second-order valence-corrected chi connectivity index (χ2v) is 7.04. The van der Waals surface area contributed by atoms with E-state index in [9.17, 15) is 9.59 Å². The third-order valence-electron chi connectivity index (χ3n) is 5.26. The van der Waals surface area contributed by atoms with Crippen LogP contribution in [0.4, 0.5) is 0 Å². The summed E-state index contributed by atoms with van der Waals surface area (Å²) in [6.45, 7) is 4.48. The number of hydrogen-bond donors (Lipinski definition) is 0. The van der Waals surface area contributed by atoms with Gasteiger partial charge < -0.3 is 4.90 Å². The lowest BCUT2D eigenvalue weighted by atomic mass is 9.87. The Bertz CT molecular complexity index is 668. The molecule has 24 heavy (non-hydrogen) atoms. The highest BCUT2D eigenvalue weighted by molar-refractivity contribution is 5.86. The summed E-state index contributed by atoms with van der Waals surface area (Å²) < 4.78 is 0. The molecule has 3 rings (SSSR count). The van der Waals surface area contributed by atoms with E-state index in [1.54, 1.807) is 6.92 Å². The number of hydrogen-bond acceptors (Lipinski definition) is 3. The number of benzene rings is 1. The van der Waals surface area contributed by atoms with Gasteiger partial charge in [0, 0.05) is 30.6 Å². The number of Topliss-reactive ketones (excluding diaryl/α,β-unsaturated/α-hetero) is 2. The van der Waals surface area contributed by atoms with Gasteiger partial charge >= 0.3 is 0 Å². The summed E-state index contributed by atoms with van der Waals surface area (Å²) in [5, 5.41) is 0. The molecule has 1 fully saturated rings. The molecule has 0 saturated heterocycles. The van der Waals surface area contributed by atoms with Gasteiger partial charge in [-0.1, -0.05) is 31.2 Å². The van der Waals surface area contributed by atoms with Gasteiger partial charge in [-0.15, -0.1) is 0 Å². The van der Waals surface area contributed by atoms with Crippen LogP contribution in [0.15, 0.2) is 29.8 Å². The van der Waals surface area contributed by atoms with Crippen molar-refractivity contribution in [1.29, 1.82) is 0 Å². The van der Waals surface area contributed by atoms with E-state index in [1.165, 1.54) is 28.8 Å². The SMILES string of the molecule is CCCC(=O)CCC(C(C)=O)N1Cc2ccccc2C1=C1CCC1. The average Bonchev–Trinajstić information content (AvgIpc) is 2.85. The molecule has 1 atom stereocenters. The zero-order chi connectivity index (χ0) is 17.1. The highest BCUT2D eigenvalue weighted by atomic mass is 16.1. The van der Waals surface area contributed by atoms with Crippen molar-refractivity contribution in [2.75, 3.05) is 0 Å². The number of ketones is 2. The van der Waals surface area contributed by atoms with E-state index in [1.807, 2.05) is 6.92 Å². The molecule has 0 N–H and O–H groups in total. The zero-order valence-corrected chi connectivity index (χ0v) is 14.8. The standard InChI is InChI=1S/C21H27NO2/c1-3-7-18(24)12-13-20(15(2)23)22-14-17-8-4-5-11-19(17)21(22)16-9-6-10-16/h4-5,8,11,20H,3,6-7,9-10,12-14H2,1-2H3. The fourth-order valence-corrected chi connectivity index (χ4v) is 3.84. The van der Waals surface area contributed by atoms with E-state index in [2.05, 4.69) is 29.2 Å². The third kappa shape index (κ3) is 3.31. The lowest BCUT2D eigenvalue weighted by Crippen LogP contribution is -2.37. The van der Waals surface area contributed by atoms with Gasteiger partial charge in [0.15, 0.2) is 5.78 Å². The largest absolute Gasteiger partial charge is 0.357 e. The molecule has 1 aliphatic heterocycles. The Morgan fingerprint density at radius 1 is 1.17 bits per heavy atom. The van der Waals surface area contributed by atoms with Crippen molar-refractivity contribution in [3.63, 3.8) is 0 Å². The fraction of sp³-hybridized carbons (Fsp3) is 0.524. The molecule has 0 radical (unpaired) electrons. The van der Waals surface area contributed by atoms with Crippen LogP contribution in [-0.2, 0) is 16.1 Å². The van der Waals surface area contributed by atoms with Gasteiger partial charge in [-0.2, -0.15) is 0 Å². The van der Waals surface area contributed by atoms with Gasteiger partial charge in [-0.3, -0.25) is 9.59 Å².